The molecule has 4 nitrogen and oxygen atoms in total. The molecule has 0 spiro atoms. The smallest absolute Gasteiger partial charge is 0.240 e. The van der Waals surface area contributed by atoms with Crippen molar-refractivity contribution in [3.8, 4) is 10.4 Å². The van der Waals surface area contributed by atoms with E-state index in [9.17, 15) is 4.79 Å². The molecule has 25 heavy (non-hydrogen) atoms. The van der Waals surface area contributed by atoms with Gasteiger partial charge in [0.25, 0.3) is 0 Å². The molecule has 0 saturated carbocycles. The molecule has 0 radical (unpaired) electrons. The third kappa shape index (κ3) is 3.78. The molecular formula is C20H24N2O2S. The van der Waals surface area contributed by atoms with E-state index in [0.29, 0.717) is 19.1 Å². The van der Waals surface area contributed by atoms with Gasteiger partial charge in [-0.3, -0.25) is 9.69 Å². The summed E-state index contributed by atoms with van der Waals surface area (Å²) in [5.41, 5.74) is 1.26. The third-order valence-corrected chi connectivity index (χ3v) is 6.17. The molecule has 2 aliphatic heterocycles. The summed E-state index contributed by atoms with van der Waals surface area (Å²) in [6, 6.07) is 14.9. The van der Waals surface area contributed by atoms with Gasteiger partial charge >= 0.3 is 0 Å². The first-order valence-corrected chi connectivity index (χ1v) is 9.87. The summed E-state index contributed by atoms with van der Waals surface area (Å²) in [4.78, 5) is 19.8. The van der Waals surface area contributed by atoms with Gasteiger partial charge in [-0.1, -0.05) is 30.3 Å². The Balaban J connectivity index is 1.43. The molecule has 1 unspecified atom stereocenters. The van der Waals surface area contributed by atoms with Crippen molar-refractivity contribution in [1.82, 2.24) is 9.80 Å². The molecule has 2 saturated heterocycles. The minimum atomic E-state index is 0.0420. The highest BCUT2D eigenvalue weighted by molar-refractivity contribution is 7.15. The fourth-order valence-electron chi connectivity index (χ4n) is 3.71. The van der Waals surface area contributed by atoms with E-state index in [1.165, 1.54) is 15.3 Å². The summed E-state index contributed by atoms with van der Waals surface area (Å²) in [5, 5.41) is 0. The largest absolute Gasteiger partial charge is 0.378 e. The van der Waals surface area contributed by atoms with Gasteiger partial charge in [-0.25, -0.2) is 0 Å². The lowest BCUT2D eigenvalue weighted by atomic mass is 10.2. The van der Waals surface area contributed by atoms with Crippen LogP contribution in [0, 0.1) is 0 Å². The van der Waals surface area contributed by atoms with Crippen molar-refractivity contribution in [2.45, 2.75) is 25.4 Å². The predicted molar refractivity (Wildman–Crippen MR) is 101 cm³/mol. The zero-order valence-electron chi connectivity index (χ0n) is 14.4. The maximum absolute atomic E-state index is 12.9. The van der Waals surface area contributed by atoms with Crippen molar-refractivity contribution in [1.29, 1.82) is 0 Å². The number of rotatable bonds is 4. The van der Waals surface area contributed by atoms with Crippen LogP contribution < -0.4 is 0 Å². The van der Waals surface area contributed by atoms with Crippen LogP contribution in [0.3, 0.4) is 0 Å². The fraction of sp³-hybridized carbons (Fsp3) is 0.450. The molecule has 2 aromatic rings. The summed E-state index contributed by atoms with van der Waals surface area (Å²) >= 11 is 1.84. The number of nitrogens with zero attached hydrogens (tertiary/aromatic N) is 2. The van der Waals surface area contributed by atoms with E-state index in [1.54, 1.807) is 0 Å². The van der Waals surface area contributed by atoms with Gasteiger partial charge in [-0.05, 0) is 37.1 Å². The second-order valence-electron chi connectivity index (χ2n) is 6.70. The van der Waals surface area contributed by atoms with Gasteiger partial charge in [0.05, 0.1) is 19.3 Å². The number of hydrogen-bond donors (Lipinski definition) is 0. The third-order valence-electron chi connectivity index (χ3n) is 5.05. The highest BCUT2D eigenvalue weighted by Gasteiger charge is 2.34. The summed E-state index contributed by atoms with van der Waals surface area (Å²) in [6.45, 7) is 4.70. The van der Waals surface area contributed by atoms with Gasteiger partial charge in [-0.15, -0.1) is 11.3 Å². The molecule has 1 aromatic heterocycles. The van der Waals surface area contributed by atoms with Gasteiger partial charge < -0.3 is 9.64 Å². The fourth-order valence-corrected chi connectivity index (χ4v) is 4.75. The Bertz CT molecular complexity index is 709. The van der Waals surface area contributed by atoms with Crippen molar-refractivity contribution < 1.29 is 9.53 Å². The average molecular weight is 356 g/mol. The lowest BCUT2D eigenvalue weighted by Crippen LogP contribution is -2.49. The number of morpholine rings is 1. The van der Waals surface area contributed by atoms with Crippen LogP contribution in [0.15, 0.2) is 42.5 Å². The molecule has 0 bridgehead atoms. The van der Waals surface area contributed by atoms with Gasteiger partial charge in [0, 0.05) is 29.4 Å². The molecule has 0 aliphatic carbocycles. The van der Waals surface area contributed by atoms with Gasteiger partial charge in [-0.2, -0.15) is 0 Å². The van der Waals surface area contributed by atoms with Crippen LogP contribution in [0.2, 0.25) is 0 Å². The van der Waals surface area contributed by atoms with Crippen molar-refractivity contribution in [2.75, 3.05) is 32.8 Å². The number of amides is 1. The Labute approximate surface area is 153 Å². The number of thiophene rings is 1. The molecular weight excluding hydrogens is 332 g/mol. The Morgan fingerprint density at radius 2 is 1.88 bits per heavy atom. The first-order chi connectivity index (χ1) is 12.3. The zero-order chi connectivity index (χ0) is 17.1. The van der Waals surface area contributed by atoms with E-state index in [4.69, 9.17) is 4.74 Å². The van der Waals surface area contributed by atoms with E-state index in [-0.39, 0.29) is 6.04 Å². The number of ether oxygens (including phenoxy) is 1. The predicted octanol–water partition coefficient (Wildman–Crippen LogP) is 3.24. The Morgan fingerprint density at radius 1 is 1.08 bits per heavy atom. The molecule has 1 atom stereocenters. The number of hydrogen-bond acceptors (Lipinski definition) is 4. The molecule has 2 aliphatic rings. The van der Waals surface area contributed by atoms with Crippen molar-refractivity contribution in [3.05, 3.63) is 47.3 Å². The molecule has 5 heteroatoms. The lowest BCUT2D eigenvalue weighted by molar-refractivity contribution is -0.140. The topological polar surface area (TPSA) is 32.8 Å². The van der Waals surface area contributed by atoms with E-state index in [0.717, 1.165) is 39.0 Å². The summed E-state index contributed by atoms with van der Waals surface area (Å²) in [6.07, 6.45) is 2.09. The Morgan fingerprint density at radius 3 is 2.68 bits per heavy atom. The Kier molecular flexibility index (Phi) is 5.15. The van der Waals surface area contributed by atoms with Crippen molar-refractivity contribution in [3.63, 3.8) is 0 Å². The summed E-state index contributed by atoms with van der Waals surface area (Å²) in [5.74, 6) is 0.292. The highest BCUT2D eigenvalue weighted by atomic mass is 32.1. The van der Waals surface area contributed by atoms with Gasteiger partial charge in [0.1, 0.15) is 0 Å². The molecule has 2 fully saturated rings. The minimum absolute atomic E-state index is 0.0420. The van der Waals surface area contributed by atoms with E-state index in [2.05, 4.69) is 41.3 Å². The Hall–Kier alpha value is -1.69. The van der Waals surface area contributed by atoms with Gasteiger partial charge in [0.15, 0.2) is 0 Å². The summed E-state index contributed by atoms with van der Waals surface area (Å²) in [7, 11) is 0. The van der Waals surface area contributed by atoms with Crippen LogP contribution in [0.5, 0.6) is 0 Å². The van der Waals surface area contributed by atoms with Crippen LogP contribution in [0.4, 0.5) is 0 Å². The second kappa shape index (κ2) is 7.68. The van der Waals surface area contributed by atoms with Gasteiger partial charge in [0.2, 0.25) is 5.91 Å². The molecule has 0 N–H and O–H groups in total. The molecule has 1 amide bonds. The lowest BCUT2D eigenvalue weighted by Gasteiger charge is -2.32. The highest BCUT2D eigenvalue weighted by Crippen LogP contribution is 2.30. The zero-order valence-corrected chi connectivity index (χ0v) is 15.2. The van der Waals surface area contributed by atoms with Crippen molar-refractivity contribution >= 4 is 17.2 Å². The average Bonchev–Trinajstić information content (AvgIpc) is 3.33. The van der Waals surface area contributed by atoms with E-state index in [1.807, 2.05) is 22.3 Å². The quantitative estimate of drug-likeness (QED) is 0.843. The van der Waals surface area contributed by atoms with Crippen LogP contribution in [0.25, 0.3) is 10.4 Å². The maximum Gasteiger partial charge on any atom is 0.240 e. The van der Waals surface area contributed by atoms with Crippen LogP contribution in [-0.4, -0.2) is 54.6 Å². The molecule has 3 heterocycles. The SMILES string of the molecule is O=C(C1CCCN1Cc1ccc(-c2ccccc2)s1)N1CCOCC1. The van der Waals surface area contributed by atoms with E-state index >= 15 is 0 Å². The second-order valence-corrected chi connectivity index (χ2v) is 7.87. The minimum Gasteiger partial charge on any atom is -0.378 e. The van der Waals surface area contributed by atoms with Crippen LogP contribution in [-0.2, 0) is 16.1 Å². The van der Waals surface area contributed by atoms with Crippen LogP contribution in [0.1, 0.15) is 17.7 Å². The standard InChI is InChI=1S/C20H24N2O2S/c23-20(21-11-13-24-14-12-21)18-7-4-10-22(18)15-17-8-9-19(25-17)16-5-2-1-3-6-16/h1-3,5-6,8-9,18H,4,7,10-15H2. The molecule has 132 valence electrons. The van der Waals surface area contributed by atoms with Crippen LogP contribution >= 0.6 is 11.3 Å². The monoisotopic (exact) mass is 356 g/mol. The first-order valence-electron chi connectivity index (χ1n) is 9.06. The number of carbonyl (C=O) groups excluding carboxylic acids is 1. The number of likely N-dealkylation sites (tertiary alicyclic amines) is 1. The molecule has 4 rings (SSSR count). The van der Waals surface area contributed by atoms with Crippen molar-refractivity contribution in [2.24, 2.45) is 0 Å². The maximum atomic E-state index is 12.9. The number of benzene rings is 1. The normalized spacial score (nSPS) is 21.6. The first kappa shape index (κ1) is 16.8. The summed E-state index contributed by atoms with van der Waals surface area (Å²) < 4.78 is 5.37. The van der Waals surface area contributed by atoms with E-state index < -0.39 is 0 Å². The number of carbonyl (C=O) groups is 1. The molecule has 1 aromatic carbocycles.